The highest BCUT2D eigenvalue weighted by atomic mass is 16.4. The molecule has 0 amide bonds. The van der Waals surface area contributed by atoms with Gasteiger partial charge in [0.15, 0.2) is 0 Å². The molecule has 4 rings (SSSR count). The zero-order chi connectivity index (χ0) is 17.8. The quantitative estimate of drug-likeness (QED) is 0.717. The van der Waals surface area contributed by atoms with Crippen molar-refractivity contribution in [1.29, 1.82) is 5.26 Å². The van der Waals surface area contributed by atoms with E-state index < -0.39 is 0 Å². The van der Waals surface area contributed by atoms with Gasteiger partial charge in [-0.1, -0.05) is 0 Å². The van der Waals surface area contributed by atoms with Gasteiger partial charge in [-0.25, -0.2) is 0 Å². The van der Waals surface area contributed by atoms with Crippen molar-refractivity contribution >= 4 is 5.69 Å². The molecule has 3 aromatic rings. The fraction of sp³-hybridized carbons (Fsp3) is 0.263. The zero-order valence-electron chi connectivity index (χ0n) is 14.2. The Bertz CT molecular complexity index is 892. The van der Waals surface area contributed by atoms with Crippen molar-refractivity contribution < 1.29 is 4.42 Å². The van der Waals surface area contributed by atoms with Crippen molar-refractivity contribution in [3.8, 4) is 17.5 Å². The Hall–Kier alpha value is -3.24. The fourth-order valence-electron chi connectivity index (χ4n) is 3.03. The summed E-state index contributed by atoms with van der Waals surface area (Å²) in [5.41, 5.74) is 2.64. The maximum Gasteiger partial charge on any atom is 0.247 e. The summed E-state index contributed by atoms with van der Waals surface area (Å²) in [6.45, 7) is 4.45. The monoisotopic (exact) mass is 346 g/mol. The van der Waals surface area contributed by atoms with E-state index in [0.29, 0.717) is 23.9 Å². The first-order valence-electron chi connectivity index (χ1n) is 8.52. The highest BCUT2D eigenvalue weighted by Gasteiger charge is 2.19. The van der Waals surface area contributed by atoms with Gasteiger partial charge in [0.1, 0.15) is 0 Å². The van der Waals surface area contributed by atoms with Crippen LogP contribution in [0.1, 0.15) is 11.5 Å². The number of nitrogens with zero attached hydrogens (tertiary/aromatic N) is 6. The number of piperazine rings is 1. The molecule has 0 saturated carbocycles. The molecular weight excluding hydrogens is 328 g/mol. The molecule has 1 saturated heterocycles. The molecule has 0 unspecified atom stereocenters. The van der Waals surface area contributed by atoms with Gasteiger partial charge in [0.05, 0.1) is 18.2 Å². The minimum atomic E-state index is 0.486. The molecule has 2 aromatic heterocycles. The lowest BCUT2D eigenvalue weighted by Crippen LogP contribution is -2.46. The molecule has 1 aromatic carbocycles. The highest BCUT2D eigenvalue weighted by molar-refractivity contribution is 5.54. The van der Waals surface area contributed by atoms with Crippen molar-refractivity contribution in [2.24, 2.45) is 0 Å². The number of aromatic nitrogens is 3. The first-order valence-corrected chi connectivity index (χ1v) is 8.52. The molecule has 7 nitrogen and oxygen atoms in total. The molecule has 1 aliphatic heterocycles. The third-order valence-corrected chi connectivity index (χ3v) is 4.49. The fourth-order valence-corrected chi connectivity index (χ4v) is 3.03. The molecule has 0 N–H and O–H groups in total. The van der Waals surface area contributed by atoms with Crippen LogP contribution in [-0.2, 0) is 6.54 Å². The minimum Gasteiger partial charge on any atom is -0.419 e. The molecule has 26 heavy (non-hydrogen) atoms. The highest BCUT2D eigenvalue weighted by Crippen LogP contribution is 2.20. The summed E-state index contributed by atoms with van der Waals surface area (Å²) < 4.78 is 5.79. The van der Waals surface area contributed by atoms with E-state index in [-0.39, 0.29) is 0 Å². The summed E-state index contributed by atoms with van der Waals surface area (Å²) >= 11 is 0. The van der Waals surface area contributed by atoms with Gasteiger partial charge in [-0.15, -0.1) is 10.2 Å². The number of anilines is 1. The second-order valence-corrected chi connectivity index (χ2v) is 6.16. The molecule has 1 fully saturated rings. The summed E-state index contributed by atoms with van der Waals surface area (Å²) in [6.07, 6.45) is 3.65. The summed E-state index contributed by atoms with van der Waals surface area (Å²) in [4.78, 5) is 8.74. The van der Waals surface area contributed by atoms with Crippen LogP contribution in [-0.4, -0.2) is 46.3 Å². The van der Waals surface area contributed by atoms with Crippen LogP contribution in [0.3, 0.4) is 0 Å². The number of hydrogen-bond acceptors (Lipinski definition) is 7. The minimum absolute atomic E-state index is 0.486. The van der Waals surface area contributed by atoms with E-state index in [9.17, 15) is 0 Å². The zero-order valence-corrected chi connectivity index (χ0v) is 14.2. The molecule has 1 aliphatic rings. The first-order chi connectivity index (χ1) is 12.8. The Morgan fingerprint density at radius 3 is 2.38 bits per heavy atom. The van der Waals surface area contributed by atoms with Gasteiger partial charge in [0.25, 0.3) is 0 Å². The van der Waals surface area contributed by atoms with Crippen LogP contribution in [0.25, 0.3) is 11.5 Å². The predicted molar refractivity (Wildman–Crippen MR) is 96.2 cm³/mol. The van der Waals surface area contributed by atoms with E-state index in [0.717, 1.165) is 31.7 Å². The molecule has 0 spiro atoms. The Morgan fingerprint density at radius 2 is 1.69 bits per heavy atom. The molecule has 130 valence electrons. The Kier molecular flexibility index (Phi) is 4.58. The van der Waals surface area contributed by atoms with Crippen LogP contribution in [0, 0.1) is 11.3 Å². The van der Waals surface area contributed by atoms with Crippen molar-refractivity contribution in [2.45, 2.75) is 6.54 Å². The lowest BCUT2D eigenvalue weighted by Gasteiger charge is -2.35. The Balaban J connectivity index is 1.35. The van der Waals surface area contributed by atoms with Crippen LogP contribution in [0.15, 0.2) is 53.2 Å². The smallest absolute Gasteiger partial charge is 0.247 e. The summed E-state index contributed by atoms with van der Waals surface area (Å²) in [5, 5.41) is 17.2. The van der Waals surface area contributed by atoms with Gasteiger partial charge in [0, 0.05) is 49.8 Å². The van der Waals surface area contributed by atoms with E-state index in [2.05, 4.69) is 31.1 Å². The lowest BCUT2D eigenvalue weighted by atomic mass is 10.1. The summed E-state index contributed by atoms with van der Waals surface area (Å²) in [7, 11) is 0. The second kappa shape index (κ2) is 7.33. The van der Waals surface area contributed by atoms with Crippen LogP contribution in [0.5, 0.6) is 0 Å². The van der Waals surface area contributed by atoms with Gasteiger partial charge in [-0.2, -0.15) is 5.26 Å². The number of pyridine rings is 1. The maximum absolute atomic E-state index is 8.86. The normalized spacial score (nSPS) is 15.0. The van der Waals surface area contributed by atoms with Gasteiger partial charge in [-0.3, -0.25) is 9.88 Å². The third-order valence-electron chi connectivity index (χ3n) is 4.49. The molecule has 7 heteroatoms. The summed E-state index contributed by atoms with van der Waals surface area (Å²) in [6, 6.07) is 13.3. The second-order valence-electron chi connectivity index (χ2n) is 6.16. The molecule has 3 heterocycles. The van der Waals surface area contributed by atoms with Crippen LogP contribution in [0.2, 0.25) is 0 Å². The SMILES string of the molecule is N#Cc1ccc(-c2nnc(CN3CCN(c4ccncc4)CC3)o2)cc1. The third kappa shape index (κ3) is 3.55. The van der Waals surface area contributed by atoms with Crippen molar-refractivity contribution in [1.82, 2.24) is 20.1 Å². The molecular formula is C19H18N6O. The molecule has 0 aliphatic carbocycles. The van der Waals surface area contributed by atoms with E-state index in [1.807, 2.05) is 36.7 Å². The predicted octanol–water partition coefficient (Wildman–Crippen LogP) is 2.33. The topological polar surface area (TPSA) is 82.1 Å². The molecule has 0 radical (unpaired) electrons. The van der Waals surface area contributed by atoms with Crippen LogP contribution >= 0.6 is 0 Å². The van der Waals surface area contributed by atoms with Crippen molar-refractivity contribution in [3.63, 3.8) is 0 Å². The first kappa shape index (κ1) is 16.2. The van der Waals surface area contributed by atoms with Crippen LogP contribution < -0.4 is 4.90 Å². The van der Waals surface area contributed by atoms with E-state index >= 15 is 0 Å². The van der Waals surface area contributed by atoms with E-state index in [4.69, 9.17) is 9.68 Å². The number of nitriles is 1. The Labute approximate surface area is 151 Å². The number of hydrogen-bond donors (Lipinski definition) is 0. The molecule has 0 bridgehead atoms. The average molecular weight is 346 g/mol. The van der Waals surface area contributed by atoms with E-state index in [1.165, 1.54) is 5.69 Å². The van der Waals surface area contributed by atoms with E-state index in [1.54, 1.807) is 12.1 Å². The van der Waals surface area contributed by atoms with Crippen molar-refractivity contribution in [2.75, 3.05) is 31.1 Å². The largest absolute Gasteiger partial charge is 0.419 e. The summed E-state index contributed by atoms with van der Waals surface area (Å²) in [5.74, 6) is 1.10. The standard InChI is InChI=1S/C19H18N6O/c20-13-15-1-3-16(4-2-15)19-23-22-18(26-19)14-24-9-11-25(12-10-24)17-5-7-21-8-6-17/h1-8H,9-12,14H2. The van der Waals surface area contributed by atoms with Gasteiger partial charge >= 0.3 is 0 Å². The average Bonchev–Trinajstić information content (AvgIpc) is 3.18. The van der Waals surface area contributed by atoms with Crippen LogP contribution in [0.4, 0.5) is 5.69 Å². The number of benzene rings is 1. The van der Waals surface area contributed by atoms with Gasteiger partial charge < -0.3 is 9.32 Å². The van der Waals surface area contributed by atoms with Gasteiger partial charge in [0.2, 0.25) is 11.8 Å². The number of rotatable bonds is 4. The van der Waals surface area contributed by atoms with Crippen molar-refractivity contribution in [3.05, 3.63) is 60.2 Å². The maximum atomic E-state index is 8.86. The Morgan fingerprint density at radius 1 is 0.962 bits per heavy atom. The molecule has 0 atom stereocenters. The lowest BCUT2D eigenvalue weighted by molar-refractivity contribution is 0.227. The van der Waals surface area contributed by atoms with Gasteiger partial charge in [-0.05, 0) is 36.4 Å².